The molecule has 0 aliphatic rings. The SMILES string of the molecule is Nc1ccc(F)cc1C(=O)NCCCCCCC(=O)NO. The predicted octanol–water partition coefficient (Wildman–Crippen LogP) is 1.59. The molecule has 0 saturated carbocycles. The molecule has 1 rings (SSSR count). The molecule has 0 unspecified atom stereocenters. The number of nitrogens with two attached hydrogens (primary N) is 1. The fraction of sp³-hybridized carbons (Fsp3) is 0.429. The lowest BCUT2D eigenvalue weighted by molar-refractivity contribution is -0.129. The Morgan fingerprint density at radius 1 is 1.19 bits per heavy atom. The van der Waals surface area contributed by atoms with Crippen molar-refractivity contribution in [1.29, 1.82) is 0 Å². The van der Waals surface area contributed by atoms with E-state index in [-0.39, 0.29) is 17.7 Å². The molecule has 21 heavy (non-hydrogen) atoms. The van der Waals surface area contributed by atoms with Crippen LogP contribution >= 0.6 is 0 Å². The molecule has 0 fully saturated rings. The van der Waals surface area contributed by atoms with Crippen molar-refractivity contribution in [3.8, 4) is 0 Å². The maximum absolute atomic E-state index is 13.0. The molecular weight excluding hydrogens is 277 g/mol. The second kappa shape index (κ2) is 8.91. The topological polar surface area (TPSA) is 104 Å². The average Bonchev–Trinajstić information content (AvgIpc) is 2.48. The van der Waals surface area contributed by atoms with Crippen LogP contribution < -0.4 is 16.5 Å². The van der Waals surface area contributed by atoms with Gasteiger partial charge in [0.2, 0.25) is 5.91 Å². The first-order chi connectivity index (χ1) is 10.0. The Morgan fingerprint density at radius 2 is 1.90 bits per heavy atom. The van der Waals surface area contributed by atoms with Crippen LogP contribution in [-0.2, 0) is 4.79 Å². The molecule has 0 aliphatic heterocycles. The number of carbonyl (C=O) groups is 2. The average molecular weight is 297 g/mol. The van der Waals surface area contributed by atoms with Gasteiger partial charge in [0.15, 0.2) is 0 Å². The highest BCUT2D eigenvalue weighted by Gasteiger charge is 2.09. The van der Waals surface area contributed by atoms with Crippen molar-refractivity contribution in [2.24, 2.45) is 0 Å². The van der Waals surface area contributed by atoms with Gasteiger partial charge in [-0.2, -0.15) is 0 Å². The summed E-state index contributed by atoms with van der Waals surface area (Å²) in [6.45, 7) is 0.459. The summed E-state index contributed by atoms with van der Waals surface area (Å²) in [7, 11) is 0. The van der Waals surface area contributed by atoms with Gasteiger partial charge in [-0.1, -0.05) is 12.8 Å². The Kier molecular flexibility index (Phi) is 7.17. The Balaban J connectivity index is 2.19. The molecule has 0 spiro atoms. The fourth-order valence-corrected chi connectivity index (χ4v) is 1.84. The Hall–Kier alpha value is -2.15. The molecule has 0 aliphatic carbocycles. The number of halogens is 1. The number of amides is 2. The van der Waals surface area contributed by atoms with E-state index in [0.29, 0.717) is 13.0 Å². The van der Waals surface area contributed by atoms with Crippen LogP contribution in [0.1, 0.15) is 42.5 Å². The van der Waals surface area contributed by atoms with E-state index in [2.05, 4.69) is 5.32 Å². The maximum Gasteiger partial charge on any atom is 0.253 e. The predicted molar refractivity (Wildman–Crippen MR) is 76.2 cm³/mol. The zero-order valence-corrected chi connectivity index (χ0v) is 11.7. The number of unbranched alkanes of at least 4 members (excludes halogenated alkanes) is 3. The molecule has 7 heteroatoms. The minimum Gasteiger partial charge on any atom is -0.398 e. The lowest BCUT2D eigenvalue weighted by Gasteiger charge is -2.07. The van der Waals surface area contributed by atoms with E-state index in [4.69, 9.17) is 10.9 Å². The van der Waals surface area contributed by atoms with Crippen molar-refractivity contribution < 1.29 is 19.2 Å². The van der Waals surface area contributed by atoms with E-state index in [1.807, 2.05) is 0 Å². The van der Waals surface area contributed by atoms with Gasteiger partial charge in [-0.25, -0.2) is 9.87 Å². The summed E-state index contributed by atoms with van der Waals surface area (Å²) < 4.78 is 13.0. The molecule has 0 bridgehead atoms. The van der Waals surface area contributed by atoms with E-state index in [0.717, 1.165) is 25.3 Å². The van der Waals surface area contributed by atoms with Crippen LogP contribution in [0.4, 0.5) is 10.1 Å². The van der Waals surface area contributed by atoms with Crippen molar-refractivity contribution in [3.05, 3.63) is 29.6 Å². The number of nitrogen functional groups attached to an aromatic ring is 1. The second-order valence-electron chi connectivity index (χ2n) is 4.69. The van der Waals surface area contributed by atoms with E-state index >= 15 is 0 Å². The van der Waals surface area contributed by atoms with Crippen molar-refractivity contribution in [2.45, 2.75) is 32.1 Å². The highest BCUT2D eigenvalue weighted by Crippen LogP contribution is 2.13. The van der Waals surface area contributed by atoms with Crippen LogP contribution in [0.2, 0.25) is 0 Å². The van der Waals surface area contributed by atoms with Crippen molar-refractivity contribution in [1.82, 2.24) is 10.8 Å². The molecule has 5 N–H and O–H groups in total. The van der Waals surface area contributed by atoms with E-state index in [9.17, 15) is 14.0 Å². The van der Waals surface area contributed by atoms with Gasteiger partial charge in [0.1, 0.15) is 5.82 Å². The van der Waals surface area contributed by atoms with Gasteiger partial charge in [0.05, 0.1) is 5.56 Å². The monoisotopic (exact) mass is 297 g/mol. The van der Waals surface area contributed by atoms with Crippen molar-refractivity contribution in [2.75, 3.05) is 12.3 Å². The zero-order chi connectivity index (χ0) is 15.7. The molecule has 2 amide bonds. The smallest absolute Gasteiger partial charge is 0.253 e. The van der Waals surface area contributed by atoms with Crippen LogP contribution in [0.15, 0.2) is 18.2 Å². The summed E-state index contributed by atoms with van der Waals surface area (Å²) in [5.74, 6) is -1.30. The number of carbonyl (C=O) groups excluding carboxylic acids is 2. The first-order valence-electron chi connectivity index (χ1n) is 6.80. The van der Waals surface area contributed by atoms with Crippen LogP contribution in [-0.4, -0.2) is 23.6 Å². The minimum absolute atomic E-state index is 0.134. The Morgan fingerprint density at radius 3 is 2.62 bits per heavy atom. The summed E-state index contributed by atoms with van der Waals surface area (Å²) in [5, 5.41) is 11.0. The fourth-order valence-electron chi connectivity index (χ4n) is 1.84. The normalized spacial score (nSPS) is 10.2. The van der Waals surface area contributed by atoms with E-state index < -0.39 is 17.6 Å². The summed E-state index contributed by atoms with van der Waals surface area (Å²) >= 11 is 0. The Bertz CT molecular complexity index is 494. The first-order valence-corrected chi connectivity index (χ1v) is 6.80. The number of nitrogens with one attached hydrogen (secondary N) is 2. The maximum atomic E-state index is 13.0. The molecule has 0 heterocycles. The van der Waals surface area contributed by atoms with Crippen molar-refractivity contribution in [3.63, 3.8) is 0 Å². The molecule has 116 valence electrons. The van der Waals surface area contributed by atoms with Crippen LogP contribution in [0, 0.1) is 5.82 Å². The second-order valence-corrected chi connectivity index (χ2v) is 4.69. The number of rotatable bonds is 8. The summed E-state index contributed by atoms with van der Waals surface area (Å²) in [4.78, 5) is 22.5. The summed E-state index contributed by atoms with van der Waals surface area (Å²) in [6, 6.07) is 3.67. The third-order valence-corrected chi connectivity index (χ3v) is 3.00. The summed E-state index contributed by atoms with van der Waals surface area (Å²) in [6.07, 6.45) is 3.38. The lowest BCUT2D eigenvalue weighted by atomic mass is 10.1. The largest absolute Gasteiger partial charge is 0.398 e. The summed E-state index contributed by atoms with van der Waals surface area (Å²) in [5.41, 5.74) is 7.56. The number of benzene rings is 1. The third-order valence-electron chi connectivity index (χ3n) is 3.00. The van der Waals surface area contributed by atoms with Gasteiger partial charge < -0.3 is 11.1 Å². The van der Waals surface area contributed by atoms with Crippen LogP contribution in [0.25, 0.3) is 0 Å². The number of anilines is 1. The minimum atomic E-state index is -0.503. The van der Waals surface area contributed by atoms with E-state index in [1.54, 1.807) is 5.48 Å². The van der Waals surface area contributed by atoms with Gasteiger partial charge in [-0.15, -0.1) is 0 Å². The molecule has 0 radical (unpaired) electrons. The number of hydroxylamine groups is 1. The Labute approximate surface area is 122 Å². The number of hydrogen-bond acceptors (Lipinski definition) is 4. The van der Waals surface area contributed by atoms with Crippen LogP contribution in [0.5, 0.6) is 0 Å². The highest BCUT2D eigenvalue weighted by atomic mass is 19.1. The molecule has 0 saturated heterocycles. The highest BCUT2D eigenvalue weighted by molar-refractivity contribution is 5.99. The van der Waals surface area contributed by atoms with Gasteiger partial charge in [-0.05, 0) is 31.0 Å². The quantitative estimate of drug-likeness (QED) is 0.253. The van der Waals surface area contributed by atoms with Gasteiger partial charge in [0.25, 0.3) is 5.91 Å². The molecule has 6 nitrogen and oxygen atoms in total. The third kappa shape index (κ3) is 6.22. The van der Waals surface area contributed by atoms with Gasteiger partial charge >= 0.3 is 0 Å². The lowest BCUT2D eigenvalue weighted by Crippen LogP contribution is -2.25. The van der Waals surface area contributed by atoms with Crippen molar-refractivity contribution >= 4 is 17.5 Å². The van der Waals surface area contributed by atoms with Gasteiger partial charge in [0, 0.05) is 18.7 Å². The molecule has 1 aromatic rings. The molecular formula is C14H20FN3O3. The molecule has 1 aromatic carbocycles. The zero-order valence-electron chi connectivity index (χ0n) is 11.7. The molecule has 0 aromatic heterocycles. The standard InChI is InChI=1S/C14H20FN3O3/c15-10-6-7-12(16)11(9-10)14(20)17-8-4-2-1-3-5-13(19)18-21/h6-7,9,21H,1-5,8,16H2,(H,17,20)(H,18,19). The number of hydrogen-bond donors (Lipinski definition) is 4. The van der Waals surface area contributed by atoms with E-state index in [1.165, 1.54) is 12.1 Å². The first kappa shape index (κ1) is 16.9. The van der Waals surface area contributed by atoms with Gasteiger partial charge in [-0.3, -0.25) is 14.8 Å². The van der Waals surface area contributed by atoms with Crippen LogP contribution in [0.3, 0.4) is 0 Å². The molecule has 0 atom stereocenters.